The van der Waals surface area contributed by atoms with Crippen molar-refractivity contribution in [3.05, 3.63) is 22.7 Å². The van der Waals surface area contributed by atoms with E-state index >= 15 is 0 Å². The first-order valence-electron chi connectivity index (χ1n) is 3.36. The summed E-state index contributed by atoms with van der Waals surface area (Å²) in [4.78, 5) is 0. The predicted molar refractivity (Wildman–Crippen MR) is 44.5 cm³/mol. The molecule has 1 heteroatoms. The molecule has 1 atom stereocenters. The van der Waals surface area contributed by atoms with E-state index in [1.54, 1.807) is 0 Å². The van der Waals surface area contributed by atoms with Gasteiger partial charge < -0.3 is 0 Å². The van der Waals surface area contributed by atoms with Crippen LogP contribution in [0.1, 0.15) is 19.8 Å². The van der Waals surface area contributed by atoms with Gasteiger partial charge in [-0.25, -0.2) is 0 Å². The molecule has 0 bridgehead atoms. The number of allylic oxidation sites excluding steroid dienone is 4. The van der Waals surface area contributed by atoms with Crippen LogP contribution in [0.2, 0.25) is 0 Å². The van der Waals surface area contributed by atoms with Crippen molar-refractivity contribution >= 4 is 15.9 Å². The Hall–Kier alpha value is -0.0400. The first kappa shape index (κ1) is 7.07. The third kappa shape index (κ3) is 1.68. The van der Waals surface area contributed by atoms with Crippen molar-refractivity contribution in [2.24, 2.45) is 5.92 Å². The van der Waals surface area contributed by atoms with Crippen LogP contribution in [0.5, 0.6) is 0 Å². The van der Waals surface area contributed by atoms with Crippen LogP contribution in [0.3, 0.4) is 0 Å². The molecule has 0 saturated heterocycles. The van der Waals surface area contributed by atoms with Crippen molar-refractivity contribution in [2.45, 2.75) is 19.8 Å². The van der Waals surface area contributed by atoms with Crippen molar-refractivity contribution < 1.29 is 0 Å². The van der Waals surface area contributed by atoms with E-state index in [0.717, 1.165) is 5.92 Å². The van der Waals surface area contributed by atoms with Crippen LogP contribution in [-0.2, 0) is 0 Å². The molecule has 50 valence electrons. The molecule has 0 nitrogen and oxygen atoms in total. The zero-order chi connectivity index (χ0) is 6.69. The van der Waals surface area contributed by atoms with Crippen LogP contribution in [0, 0.1) is 5.92 Å². The Bertz CT molecular complexity index is 145. The Morgan fingerprint density at radius 2 is 2.56 bits per heavy atom. The van der Waals surface area contributed by atoms with Crippen molar-refractivity contribution in [3.63, 3.8) is 0 Å². The molecular weight excluding hydrogens is 176 g/mol. The minimum atomic E-state index is 0.745. The molecule has 0 aromatic rings. The van der Waals surface area contributed by atoms with Crippen molar-refractivity contribution in [1.82, 2.24) is 0 Å². The van der Waals surface area contributed by atoms with Gasteiger partial charge in [0.25, 0.3) is 0 Å². The highest BCUT2D eigenvalue weighted by molar-refractivity contribution is 9.11. The average molecular weight is 187 g/mol. The van der Waals surface area contributed by atoms with E-state index in [4.69, 9.17) is 0 Å². The maximum Gasteiger partial charge on any atom is -0.00155 e. The van der Waals surface area contributed by atoms with Gasteiger partial charge in [0.15, 0.2) is 0 Å². The second-order valence-corrected chi connectivity index (χ2v) is 3.24. The summed E-state index contributed by atoms with van der Waals surface area (Å²) >= 11 is 3.52. The average Bonchev–Trinajstić information content (AvgIpc) is 1.89. The number of rotatable bonds is 1. The Labute approximate surface area is 64.8 Å². The first-order valence-corrected chi connectivity index (χ1v) is 4.16. The Morgan fingerprint density at radius 3 is 3.00 bits per heavy atom. The van der Waals surface area contributed by atoms with Gasteiger partial charge in [-0.15, -0.1) is 0 Å². The molecule has 9 heavy (non-hydrogen) atoms. The largest absolute Gasteiger partial charge is 0.0839 e. The Balaban J connectivity index is 2.59. The van der Waals surface area contributed by atoms with E-state index in [1.165, 1.54) is 17.3 Å². The smallest absolute Gasteiger partial charge is 0.00155 e. The maximum absolute atomic E-state index is 3.52. The quantitative estimate of drug-likeness (QED) is 0.591. The lowest BCUT2D eigenvalue weighted by Gasteiger charge is -2.13. The fourth-order valence-corrected chi connectivity index (χ4v) is 1.68. The molecular formula is C8H11Br. The van der Waals surface area contributed by atoms with Gasteiger partial charge in [0.2, 0.25) is 0 Å². The van der Waals surface area contributed by atoms with Crippen molar-refractivity contribution in [1.29, 1.82) is 0 Å². The summed E-state index contributed by atoms with van der Waals surface area (Å²) < 4.78 is 1.35. The van der Waals surface area contributed by atoms with Crippen LogP contribution in [-0.4, -0.2) is 0 Å². The fourth-order valence-electron chi connectivity index (χ4n) is 1.01. The van der Waals surface area contributed by atoms with E-state index in [9.17, 15) is 0 Å². The highest BCUT2D eigenvalue weighted by atomic mass is 79.9. The molecule has 0 spiro atoms. The number of hydrogen-bond donors (Lipinski definition) is 0. The van der Waals surface area contributed by atoms with Gasteiger partial charge in [0.05, 0.1) is 0 Å². The summed E-state index contributed by atoms with van der Waals surface area (Å²) in [6, 6.07) is 0. The lowest BCUT2D eigenvalue weighted by atomic mass is 9.98. The van der Waals surface area contributed by atoms with Gasteiger partial charge in [-0.2, -0.15) is 0 Å². The van der Waals surface area contributed by atoms with E-state index in [1.807, 2.05) is 0 Å². The van der Waals surface area contributed by atoms with E-state index < -0.39 is 0 Å². The van der Waals surface area contributed by atoms with Gasteiger partial charge >= 0.3 is 0 Å². The van der Waals surface area contributed by atoms with E-state index in [-0.39, 0.29) is 0 Å². The molecule has 1 aliphatic rings. The summed E-state index contributed by atoms with van der Waals surface area (Å²) in [7, 11) is 0. The zero-order valence-corrected chi connectivity index (χ0v) is 7.19. The van der Waals surface area contributed by atoms with Gasteiger partial charge in [0, 0.05) is 0 Å². The minimum absolute atomic E-state index is 0.745. The summed E-state index contributed by atoms with van der Waals surface area (Å²) in [6.45, 7) is 2.22. The first-order chi connectivity index (χ1) is 4.34. The lowest BCUT2D eigenvalue weighted by molar-refractivity contribution is 0.625. The Kier molecular flexibility index (Phi) is 2.52. The fraction of sp³-hybridized carbons (Fsp3) is 0.500. The van der Waals surface area contributed by atoms with Crippen LogP contribution in [0.4, 0.5) is 0 Å². The van der Waals surface area contributed by atoms with Crippen LogP contribution >= 0.6 is 15.9 Å². The molecule has 0 heterocycles. The number of halogens is 1. The molecule has 0 saturated carbocycles. The van der Waals surface area contributed by atoms with E-state index in [2.05, 4.69) is 41.1 Å². The predicted octanol–water partition coefficient (Wildman–Crippen LogP) is 3.25. The van der Waals surface area contributed by atoms with Crippen LogP contribution in [0.15, 0.2) is 22.7 Å². The number of hydrogen-bond acceptors (Lipinski definition) is 0. The molecule has 0 aliphatic heterocycles. The minimum Gasteiger partial charge on any atom is -0.0839 e. The molecule has 0 amide bonds. The van der Waals surface area contributed by atoms with Crippen molar-refractivity contribution in [2.75, 3.05) is 0 Å². The molecule has 1 aliphatic carbocycles. The standard InChI is InChI=1S/C8H11Br/c1-2-7-5-3-4-6-8(7)9/h3-4,6-7H,2,5H2,1H3. The molecule has 0 aromatic carbocycles. The molecule has 1 unspecified atom stereocenters. The monoisotopic (exact) mass is 186 g/mol. The summed E-state index contributed by atoms with van der Waals surface area (Å²) in [5, 5.41) is 0. The zero-order valence-electron chi connectivity index (χ0n) is 5.60. The van der Waals surface area contributed by atoms with E-state index in [0.29, 0.717) is 0 Å². The molecule has 0 radical (unpaired) electrons. The topological polar surface area (TPSA) is 0 Å². The highest BCUT2D eigenvalue weighted by Gasteiger charge is 2.08. The van der Waals surface area contributed by atoms with Crippen molar-refractivity contribution in [3.8, 4) is 0 Å². The third-order valence-corrected chi connectivity index (χ3v) is 2.61. The molecule has 0 fully saturated rings. The summed E-state index contributed by atoms with van der Waals surface area (Å²) in [5.41, 5.74) is 0. The summed E-state index contributed by atoms with van der Waals surface area (Å²) in [5.74, 6) is 0.745. The Morgan fingerprint density at radius 1 is 1.78 bits per heavy atom. The lowest BCUT2D eigenvalue weighted by Crippen LogP contribution is -1.98. The second kappa shape index (κ2) is 3.21. The van der Waals surface area contributed by atoms with Crippen LogP contribution < -0.4 is 0 Å². The molecule has 0 N–H and O–H groups in total. The molecule has 0 aromatic heterocycles. The molecule has 1 rings (SSSR count). The van der Waals surface area contributed by atoms with Gasteiger partial charge in [-0.05, 0) is 23.2 Å². The summed E-state index contributed by atoms with van der Waals surface area (Å²) in [6.07, 6.45) is 8.90. The van der Waals surface area contributed by atoms with Gasteiger partial charge in [0.1, 0.15) is 0 Å². The SMILES string of the molecule is CCC1CC=CC=C1Br. The third-order valence-electron chi connectivity index (χ3n) is 1.69. The van der Waals surface area contributed by atoms with Gasteiger partial charge in [-0.1, -0.05) is 41.1 Å². The highest BCUT2D eigenvalue weighted by Crippen LogP contribution is 2.27. The van der Waals surface area contributed by atoms with Gasteiger partial charge in [-0.3, -0.25) is 0 Å². The maximum atomic E-state index is 3.52. The second-order valence-electron chi connectivity index (χ2n) is 2.32. The van der Waals surface area contributed by atoms with Crippen LogP contribution in [0.25, 0.3) is 0 Å². The normalized spacial score (nSPS) is 26.0.